The number of benzene rings is 5. The Hall–Kier alpha value is -6.75. The highest BCUT2D eigenvalue weighted by Crippen LogP contribution is 2.42. The van der Waals surface area contributed by atoms with Crippen LogP contribution in [-0.4, -0.2) is 74.2 Å². The fraction of sp³-hybridized carbons (Fsp3) is 0.167. The summed E-state index contributed by atoms with van der Waals surface area (Å²) in [6.45, 7) is 2.36. The van der Waals surface area contributed by atoms with Crippen molar-refractivity contribution in [2.24, 2.45) is 0 Å². The number of carbonyl (C=O) groups is 3. The van der Waals surface area contributed by atoms with Crippen LogP contribution in [0.15, 0.2) is 126 Å². The SMILES string of the molecule is CNC(=O)NCC[N+](=Cc1ccccc1)c1ccc2c(-c3ccccc3C(=O)O)c3ccc(=[N+](CCNC(=O)NC)Cc4ccccc4)cc-3oc2c1. The number of amides is 4. The quantitative estimate of drug-likeness (QED) is 0.0650. The van der Waals surface area contributed by atoms with E-state index < -0.39 is 5.97 Å². The first-order valence-electron chi connectivity index (χ1n) is 17.4. The Morgan fingerprint density at radius 3 is 2.08 bits per heavy atom. The molecular weight excluding hydrogens is 668 g/mol. The largest absolute Gasteiger partial charge is 0.478 e. The van der Waals surface area contributed by atoms with Crippen LogP contribution in [0.2, 0.25) is 0 Å². The third kappa shape index (κ3) is 8.77. The Morgan fingerprint density at radius 2 is 1.38 bits per heavy atom. The maximum absolute atomic E-state index is 12.5. The Bertz CT molecular complexity index is 2320. The molecule has 1 aliphatic heterocycles. The molecule has 1 heterocycles. The summed E-state index contributed by atoms with van der Waals surface area (Å²) < 4.78 is 11.0. The molecule has 6 rings (SSSR count). The van der Waals surface area contributed by atoms with Gasteiger partial charge in [-0.3, -0.25) is 0 Å². The predicted octanol–water partition coefficient (Wildman–Crippen LogP) is 5.50. The van der Waals surface area contributed by atoms with Crippen LogP contribution in [0.3, 0.4) is 0 Å². The molecule has 53 heavy (non-hydrogen) atoms. The van der Waals surface area contributed by atoms with Crippen LogP contribution < -0.4 is 31.2 Å². The first kappa shape index (κ1) is 36.1. The lowest BCUT2D eigenvalue weighted by molar-refractivity contribution is -0.432. The number of nitrogens with one attached hydrogen (secondary N) is 4. The minimum Gasteiger partial charge on any atom is -0.478 e. The van der Waals surface area contributed by atoms with Crippen molar-refractivity contribution in [1.82, 2.24) is 25.8 Å². The summed E-state index contributed by atoms with van der Waals surface area (Å²) in [6, 6.07) is 38.3. The van der Waals surface area contributed by atoms with Crippen molar-refractivity contribution < 1.29 is 28.5 Å². The van der Waals surface area contributed by atoms with Gasteiger partial charge in [0.05, 0.1) is 30.8 Å². The van der Waals surface area contributed by atoms with Gasteiger partial charge in [-0.05, 0) is 35.9 Å². The van der Waals surface area contributed by atoms with Crippen molar-refractivity contribution in [3.05, 3.63) is 143 Å². The molecule has 2 aliphatic rings. The van der Waals surface area contributed by atoms with E-state index in [2.05, 4.69) is 38.0 Å². The lowest BCUT2D eigenvalue weighted by Gasteiger charge is -2.17. The number of carbonyl (C=O) groups excluding carboxylic acids is 2. The smallest absolute Gasteiger partial charge is 0.336 e. The minimum absolute atomic E-state index is 0.180. The Labute approximate surface area is 307 Å². The maximum Gasteiger partial charge on any atom is 0.336 e. The maximum atomic E-state index is 12.5. The molecule has 11 heteroatoms. The molecule has 4 amide bonds. The average Bonchev–Trinajstić information content (AvgIpc) is 3.19. The number of hydrogen-bond donors (Lipinski definition) is 5. The zero-order valence-corrected chi connectivity index (χ0v) is 29.6. The van der Waals surface area contributed by atoms with E-state index in [0.29, 0.717) is 49.6 Å². The number of rotatable bonds is 12. The Balaban J connectivity index is 1.56. The molecule has 0 bridgehead atoms. The molecule has 0 aromatic heterocycles. The fourth-order valence-corrected chi connectivity index (χ4v) is 6.28. The number of carboxylic acids is 1. The molecule has 0 spiro atoms. The zero-order valence-electron chi connectivity index (χ0n) is 29.6. The Morgan fingerprint density at radius 1 is 0.717 bits per heavy atom. The lowest BCUT2D eigenvalue weighted by atomic mass is 9.90. The summed E-state index contributed by atoms with van der Waals surface area (Å²) in [5.41, 5.74) is 5.72. The standard InChI is InChI=1S/C42H40N6O5/c1-43-41(51)45-21-23-47(27-29-11-5-3-6-12-29)31-17-19-35-37(25-31)53-38-26-32(18-20-36(38)39(35)33-15-9-10-16-34(33)40(49)50)48(24-22-46-42(52)44-2)28-30-13-7-4-8-14-30/h3-20,25-27H,21-24,28H2,1-2H3,(H3-2,43,44,45,46,49,50,51,52)/p+2. The van der Waals surface area contributed by atoms with E-state index in [1.165, 1.54) is 0 Å². The van der Waals surface area contributed by atoms with Crippen LogP contribution in [0.4, 0.5) is 15.3 Å². The molecule has 11 nitrogen and oxygen atoms in total. The van der Waals surface area contributed by atoms with E-state index in [1.54, 1.807) is 26.2 Å². The van der Waals surface area contributed by atoms with Crippen LogP contribution in [0, 0.1) is 0 Å². The van der Waals surface area contributed by atoms with E-state index >= 15 is 0 Å². The van der Waals surface area contributed by atoms with Gasteiger partial charge in [-0.25, -0.2) is 19.0 Å². The summed E-state index contributed by atoms with van der Waals surface area (Å²) in [5.74, 6) is -0.458. The molecule has 1 aliphatic carbocycles. The summed E-state index contributed by atoms with van der Waals surface area (Å²) in [6.07, 6.45) is 2.01. The summed E-state index contributed by atoms with van der Waals surface area (Å²) in [7, 11) is 3.16. The van der Waals surface area contributed by atoms with Crippen molar-refractivity contribution in [3.63, 3.8) is 0 Å². The van der Waals surface area contributed by atoms with Crippen molar-refractivity contribution >= 4 is 40.9 Å². The van der Waals surface area contributed by atoms with Gasteiger partial charge in [-0.15, -0.1) is 0 Å². The van der Waals surface area contributed by atoms with Gasteiger partial charge in [0, 0.05) is 53.9 Å². The number of urea groups is 2. The second-order valence-corrected chi connectivity index (χ2v) is 12.3. The molecule has 268 valence electrons. The number of fused-ring (bicyclic) bond motifs is 2. The van der Waals surface area contributed by atoms with Crippen molar-refractivity contribution in [2.75, 3.05) is 40.3 Å². The fourth-order valence-electron chi connectivity index (χ4n) is 6.28. The van der Waals surface area contributed by atoms with Crippen LogP contribution in [0.5, 0.6) is 0 Å². The molecule has 0 saturated carbocycles. The topological polar surface area (TPSA) is 139 Å². The number of nitrogens with zero attached hydrogens (tertiary/aromatic N) is 2. The summed E-state index contributed by atoms with van der Waals surface area (Å²) in [4.78, 5) is 36.5. The molecule has 0 fully saturated rings. The molecule has 5 N–H and O–H groups in total. The highest BCUT2D eigenvalue weighted by Gasteiger charge is 2.24. The van der Waals surface area contributed by atoms with Gasteiger partial charge in [0.1, 0.15) is 11.3 Å². The summed E-state index contributed by atoms with van der Waals surface area (Å²) >= 11 is 0. The molecule has 4 aromatic rings. The monoisotopic (exact) mass is 710 g/mol. The van der Waals surface area contributed by atoms with Crippen molar-refractivity contribution in [2.45, 2.75) is 6.54 Å². The van der Waals surface area contributed by atoms with Gasteiger partial charge in [-0.2, -0.15) is 4.58 Å². The number of carboxylic acid groups (broad SMARTS) is 1. The normalized spacial score (nSPS) is 11.9. The van der Waals surface area contributed by atoms with Gasteiger partial charge in [0.2, 0.25) is 11.0 Å². The zero-order chi connectivity index (χ0) is 37.2. The third-order valence-electron chi connectivity index (χ3n) is 8.89. The minimum atomic E-state index is -1.03. The average molecular weight is 711 g/mol. The molecule has 0 saturated heterocycles. The molecular formula is C42H42N6O5+2. The second-order valence-electron chi connectivity index (χ2n) is 12.3. The summed E-state index contributed by atoms with van der Waals surface area (Å²) in [5, 5.41) is 22.8. The van der Waals surface area contributed by atoms with Gasteiger partial charge in [0.15, 0.2) is 25.8 Å². The van der Waals surface area contributed by atoms with E-state index in [0.717, 1.165) is 38.7 Å². The molecule has 0 radical (unpaired) electrons. The number of hydrogen-bond acceptors (Lipinski definition) is 4. The molecule has 4 aromatic carbocycles. The molecule has 0 unspecified atom stereocenters. The third-order valence-corrected chi connectivity index (χ3v) is 8.89. The molecule has 0 atom stereocenters. The van der Waals surface area contributed by atoms with E-state index in [1.807, 2.05) is 108 Å². The predicted molar refractivity (Wildman–Crippen MR) is 207 cm³/mol. The lowest BCUT2D eigenvalue weighted by Crippen LogP contribution is -2.40. The van der Waals surface area contributed by atoms with Crippen LogP contribution in [0.1, 0.15) is 21.5 Å². The van der Waals surface area contributed by atoms with Crippen molar-refractivity contribution in [1.29, 1.82) is 0 Å². The van der Waals surface area contributed by atoms with Gasteiger partial charge in [0.25, 0.3) is 0 Å². The van der Waals surface area contributed by atoms with E-state index in [4.69, 9.17) is 4.42 Å². The number of aromatic carboxylic acids is 1. The first-order valence-corrected chi connectivity index (χ1v) is 17.4. The highest BCUT2D eigenvalue weighted by atomic mass is 16.4. The van der Waals surface area contributed by atoms with Gasteiger partial charge in [-0.1, -0.05) is 66.7 Å². The first-order chi connectivity index (χ1) is 25.8. The van der Waals surface area contributed by atoms with Crippen LogP contribution in [0.25, 0.3) is 33.4 Å². The van der Waals surface area contributed by atoms with E-state index in [-0.39, 0.29) is 17.6 Å². The highest BCUT2D eigenvalue weighted by molar-refractivity contribution is 6.07. The Kier molecular flexibility index (Phi) is 11.5. The van der Waals surface area contributed by atoms with Gasteiger partial charge >= 0.3 is 18.0 Å². The van der Waals surface area contributed by atoms with Crippen molar-refractivity contribution in [3.8, 4) is 22.5 Å². The van der Waals surface area contributed by atoms with Crippen LogP contribution >= 0.6 is 0 Å². The van der Waals surface area contributed by atoms with Crippen LogP contribution in [-0.2, 0) is 6.54 Å². The van der Waals surface area contributed by atoms with E-state index in [9.17, 15) is 19.5 Å². The second kappa shape index (κ2) is 17.0. The van der Waals surface area contributed by atoms with Gasteiger partial charge < -0.3 is 30.8 Å².